The van der Waals surface area contributed by atoms with Gasteiger partial charge < -0.3 is 19.7 Å². The Morgan fingerprint density at radius 3 is 2.67 bits per heavy atom. The summed E-state index contributed by atoms with van der Waals surface area (Å²) in [5, 5.41) is 3.51. The smallest absolute Gasteiger partial charge is 0.194 e. The van der Waals surface area contributed by atoms with Crippen molar-refractivity contribution in [3.63, 3.8) is 0 Å². The van der Waals surface area contributed by atoms with Gasteiger partial charge in [-0.2, -0.15) is 0 Å². The molecule has 3 heterocycles. The number of morpholine rings is 1. The van der Waals surface area contributed by atoms with Gasteiger partial charge >= 0.3 is 0 Å². The second-order valence-corrected chi connectivity index (χ2v) is 8.35. The second kappa shape index (κ2) is 12.2. The number of aliphatic imine (C=N–C) groups is 1. The van der Waals surface area contributed by atoms with Gasteiger partial charge in [-0.25, -0.2) is 0 Å². The second-order valence-electron chi connectivity index (χ2n) is 8.35. The summed E-state index contributed by atoms with van der Waals surface area (Å²) >= 11 is 0. The predicted octanol–water partition coefficient (Wildman–Crippen LogP) is 3.11. The van der Waals surface area contributed by atoms with Crippen molar-refractivity contribution in [1.82, 2.24) is 15.1 Å². The van der Waals surface area contributed by atoms with Crippen LogP contribution in [0.2, 0.25) is 0 Å². The van der Waals surface area contributed by atoms with Crippen LogP contribution in [-0.4, -0.2) is 79.9 Å². The third-order valence-electron chi connectivity index (χ3n) is 6.29. The zero-order valence-electron chi connectivity index (χ0n) is 18.2. The van der Waals surface area contributed by atoms with Crippen molar-refractivity contribution < 1.29 is 9.47 Å². The van der Waals surface area contributed by atoms with Gasteiger partial charge in [-0.3, -0.25) is 9.89 Å². The van der Waals surface area contributed by atoms with E-state index in [2.05, 4.69) is 52.4 Å². The number of halogens is 1. The Morgan fingerprint density at radius 2 is 1.90 bits per heavy atom. The Hall–Kier alpha value is -0.900. The maximum absolute atomic E-state index is 6.02. The molecule has 4 rings (SSSR count). The number of nitrogens with zero attached hydrogens (tertiary/aromatic N) is 3. The molecule has 6 nitrogen and oxygen atoms in total. The lowest BCUT2D eigenvalue weighted by Crippen LogP contribution is -2.53. The van der Waals surface area contributed by atoms with E-state index in [0.29, 0.717) is 6.04 Å². The summed E-state index contributed by atoms with van der Waals surface area (Å²) in [6.07, 6.45) is 5.17. The van der Waals surface area contributed by atoms with Gasteiger partial charge in [0, 0.05) is 38.8 Å². The van der Waals surface area contributed by atoms with E-state index in [1.54, 1.807) is 0 Å². The number of hydrogen-bond acceptors (Lipinski definition) is 4. The average molecular weight is 528 g/mol. The molecule has 0 bridgehead atoms. The van der Waals surface area contributed by atoms with E-state index in [1.165, 1.54) is 24.9 Å². The molecule has 0 aromatic heterocycles. The molecule has 168 valence electrons. The first-order valence-corrected chi connectivity index (χ1v) is 11.4. The molecule has 7 heteroatoms. The Morgan fingerprint density at radius 1 is 1.07 bits per heavy atom. The third-order valence-corrected chi connectivity index (χ3v) is 6.29. The maximum Gasteiger partial charge on any atom is 0.194 e. The summed E-state index contributed by atoms with van der Waals surface area (Å²) in [6, 6.07) is 11.3. The molecule has 3 aliphatic rings. The Kier molecular flexibility index (Phi) is 9.67. The minimum absolute atomic E-state index is 0. The standard InChI is InChI=1S/C23H36N4O2.HI/c1-2-24-23(27-13-15-29-22(18-27)21-11-7-14-28-21)25-16-20-10-6-12-26(20)17-19-8-4-3-5-9-19;/h3-5,8-9,20-22H,2,6-7,10-18H2,1H3,(H,24,25);1H. The van der Waals surface area contributed by atoms with Crippen molar-refractivity contribution in [3.05, 3.63) is 35.9 Å². The largest absolute Gasteiger partial charge is 0.375 e. The lowest BCUT2D eigenvalue weighted by molar-refractivity contribution is -0.0817. The van der Waals surface area contributed by atoms with Crippen LogP contribution in [0.25, 0.3) is 0 Å². The number of nitrogens with one attached hydrogen (secondary N) is 1. The van der Waals surface area contributed by atoms with E-state index < -0.39 is 0 Å². The summed E-state index contributed by atoms with van der Waals surface area (Å²) in [4.78, 5) is 10.0. The van der Waals surface area contributed by atoms with Gasteiger partial charge in [-0.1, -0.05) is 30.3 Å². The first kappa shape index (κ1) is 23.8. The maximum atomic E-state index is 6.02. The number of benzene rings is 1. The van der Waals surface area contributed by atoms with Gasteiger partial charge in [0.05, 0.1) is 19.3 Å². The molecule has 1 aromatic carbocycles. The molecule has 3 unspecified atom stereocenters. The highest BCUT2D eigenvalue weighted by Gasteiger charge is 2.32. The van der Waals surface area contributed by atoms with Crippen LogP contribution in [0, 0.1) is 0 Å². The van der Waals surface area contributed by atoms with Crippen molar-refractivity contribution in [3.8, 4) is 0 Å². The monoisotopic (exact) mass is 528 g/mol. The quantitative estimate of drug-likeness (QED) is 0.350. The van der Waals surface area contributed by atoms with Crippen molar-refractivity contribution >= 4 is 29.9 Å². The Bertz CT molecular complexity index is 654. The highest BCUT2D eigenvalue weighted by atomic mass is 127. The summed E-state index contributed by atoms with van der Waals surface area (Å²) in [7, 11) is 0. The highest BCUT2D eigenvalue weighted by Crippen LogP contribution is 2.22. The molecule has 0 amide bonds. The number of hydrogen-bond donors (Lipinski definition) is 1. The van der Waals surface area contributed by atoms with Crippen LogP contribution in [-0.2, 0) is 16.0 Å². The van der Waals surface area contributed by atoms with Crippen LogP contribution >= 0.6 is 24.0 Å². The molecule has 0 saturated carbocycles. The molecule has 30 heavy (non-hydrogen) atoms. The molecular weight excluding hydrogens is 491 g/mol. The minimum Gasteiger partial charge on any atom is -0.375 e. The van der Waals surface area contributed by atoms with Crippen LogP contribution in [0.5, 0.6) is 0 Å². The number of ether oxygens (including phenoxy) is 2. The van der Waals surface area contributed by atoms with Crippen LogP contribution < -0.4 is 5.32 Å². The van der Waals surface area contributed by atoms with Crippen LogP contribution in [0.3, 0.4) is 0 Å². The van der Waals surface area contributed by atoms with Crippen LogP contribution in [0.15, 0.2) is 35.3 Å². The van der Waals surface area contributed by atoms with Gasteiger partial charge in [-0.15, -0.1) is 24.0 Å². The fraction of sp³-hybridized carbons (Fsp3) is 0.696. The average Bonchev–Trinajstić information content (AvgIpc) is 3.44. The van der Waals surface area contributed by atoms with E-state index in [-0.39, 0.29) is 36.2 Å². The molecule has 3 fully saturated rings. The van der Waals surface area contributed by atoms with E-state index in [9.17, 15) is 0 Å². The van der Waals surface area contributed by atoms with Crippen molar-refractivity contribution in [1.29, 1.82) is 0 Å². The zero-order valence-corrected chi connectivity index (χ0v) is 20.5. The van der Waals surface area contributed by atoms with Gasteiger partial charge in [0.2, 0.25) is 0 Å². The van der Waals surface area contributed by atoms with E-state index in [4.69, 9.17) is 14.5 Å². The summed E-state index contributed by atoms with van der Waals surface area (Å²) < 4.78 is 11.9. The van der Waals surface area contributed by atoms with E-state index in [1.807, 2.05) is 0 Å². The van der Waals surface area contributed by atoms with E-state index >= 15 is 0 Å². The molecular formula is C23H37IN4O2. The first-order valence-electron chi connectivity index (χ1n) is 11.4. The molecule has 0 aliphatic carbocycles. The lowest BCUT2D eigenvalue weighted by Gasteiger charge is -2.37. The normalized spacial score (nSPS) is 27.8. The lowest BCUT2D eigenvalue weighted by atomic mass is 10.1. The van der Waals surface area contributed by atoms with Crippen molar-refractivity contribution in [2.45, 2.75) is 57.4 Å². The SMILES string of the molecule is CCNC(=NCC1CCCN1Cc1ccccc1)N1CCOC(C2CCCO2)C1.I. The number of guanidine groups is 1. The van der Waals surface area contributed by atoms with Crippen LogP contribution in [0.1, 0.15) is 38.2 Å². The van der Waals surface area contributed by atoms with Gasteiger partial charge in [0.1, 0.15) is 6.10 Å². The summed E-state index contributed by atoms with van der Waals surface area (Å²) in [5.74, 6) is 1.03. The van der Waals surface area contributed by atoms with Gasteiger partial charge in [0.15, 0.2) is 5.96 Å². The fourth-order valence-corrected chi connectivity index (χ4v) is 4.73. The first-order chi connectivity index (χ1) is 14.3. The van der Waals surface area contributed by atoms with Crippen LogP contribution in [0.4, 0.5) is 0 Å². The molecule has 0 radical (unpaired) electrons. The van der Waals surface area contributed by atoms with Gasteiger partial charge in [0.25, 0.3) is 0 Å². The van der Waals surface area contributed by atoms with Crippen molar-refractivity contribution in [2.75, 3.05) is 45.9 Å². The molecule has 3 aliphatic heterocycles. The summed E-state index contributed by atoms with van der Waals surface area (Å²) in [6.45, 7) is 9.47. The molecule has 3 atom stereocenters. The fourth-order valence-electron chi connectivity index (χ4n) is 4.73. The molecule has 1 N–H and O–H groups in total. The number of rotatable bonds is 6. The highest BCUT2D eigenvalue weighted by molar-refractivity contribution is 14.0. The topological polar surface area (TPSA) is 49.3 Å². The zero-order chi connectivity index (χ0) is 19.9. The molecule has 0 spiro atoms. The number of likely N-dealkylation sites (tertiary alicyclic amines) is 1. The van der Waals surface area contributed by atoms with Crippen molar-refractivity contribution in [2.24, 2.45) is 4.99 Å². The Balaban J connectivity index is 0.00000256. The van der Waals surface area contributed by atoms with E-state index in [0.717, 1.165) is 64.7 Å². The predicted molar refractivity (Wildman–Crippen MR) is 132 cm³/mol. The third kappa shape index (κ3) is 6.31. The minimum atomic E-state index is 0. The van der Waals surface area contributed by atoms with Gasteiger partial charge in [-0.05, 0) is 44.7 Å². The summed E-state index contributed by atoms with van der Waals surface area (Å²) in [5.41, 5.74) is 1.39. The molecule has 1 aromatic rings. The Labute approximate surface area is 198 Å². The molecule has 3 saturated heterocycles.